The van der Waals surface area contributed by atoms with E-state index >= 15 is 0 Å². The molecule has 1 unspecified atom stereocenters. The van der Waals surface area contributed by atoms with Crippen molar-refractivity contribution in [1.29, 1.82) is 0 Å². The van der Waals surface area contributed by atoms with Gasteiger partial charge in [0.15, 0.2) is 0 Å². The van der Waals surface area contributed by atoms with E-state index in [-0.39, 0.29) is 6.10 Å². The van der Waals surface area contributed by atoms with Crippen molar-refractivity contribution in [1.82, 2.24) is 0 Å². The third-order valence-corrected chi connectivity index (χ3v) is 2.61. The number of ether oxygens (including phenoxy) is 1. The van der Waals surface area contributed by atoms with Gasteiger partial charge in [-0.15, -0.1) is 0 Å². The average molecular weight is 222 g/mol. The maximum Gasteiger partial charge on any atom is 0.142 e. The highest BCUT2D eigenvalue weighted by Gasteiger charge is 2.13. The van der Waals surface area contributed by atoms with Gasteiger partial charge in [-0.1, -0.05) is 12.1 Å². The quantitative estimate of drug-likeness (QED) is 0.830. The SMILES string of the molecule is CC(C)Oc1ccccc1N(C)C(C)CN. The molecule has 16 heavy (non-hydrogen) atoms. The zero-order chi connectivity index (χ0) is 12.1. The van der Waals surface area contributed by atoms with E-state index in [1.54, 1.807) is 0 Å². The van der Waals surface area contributed by atoms with Gasteiger partial charge in [0.25, 0.3) is 0 Å². The van der Waals surface area contributed by atoms with Crippen LogP contribution in [-0.2, 0) is 0 Å². The largest absolute Gasteiger partial charge is 0.489 e. The van der Waals surface area contributed by atoms with Crippen LogP contribution in [0.2, 0.25) is 0 Å². The Morgan fingerprint density at radius 1 is 1.25 bits per heavy atom. The second-order valence-corrected chi connectivity index (χ2v) is 4.33. The number of rotatable bonds is 5. The van der Waals surface area contributed by atoms with Gasteiger partial charge in [-0.3, -0.25) is 0 Å². The van der Waals surface area contributed by atoms with Crippen LogP contribution in [0, 0.1) is 0 Å². The van der Waals surface area contributed by atoms with Crippen molar-refractivity contribution in [2.24, 2.45) is 5.73 Å². The van der Waals surface area contributed by atoms with E-state index < -0.39 is 0 Å². The molecule has 90 valence electrons. The lowest BCUT2D eigenvalue weighted by Crippen LogP contribution is -2.35. The fraction of sp³-hybridized carbons (Fsp3) is 0.538. The topological polar surface area (TPSA) is 38.5 Å². The first-order valence-corrected chi connectivity index (χ1v) is 5.74. The summed E-state index contributed by atoms with van der Waals surface area (Å²) >= 11 is 0. The van der Waals surface area contributed by atoms with Gasteiger partial charge in [0.05, 0.1) is 11.8 Å². The minimum atomic E-state index is 0.183. The number of anilines is 1. The summed E-state index contributed by atoms with van der Waals surface area (Å²) in [7, 11) is 2.04. The molecule has 0 aliphatic carbocycles. The van der Waals surface area contributed by atoms with E-state index in [0.717, 1.165) is 11.4 Å². The first-order valence-electron chi connectivity index (χ1n) is 5.74. The molecule has 2 N–H and O–H groups in total. The molecule has 3 nitrogen and oxygen atoms in total. The Labute approximate surface area is 98.2 Å². The second kappa shape index (κ2) is 5.75. The zero-order valence-electron chi connectivity index (χ0n) is 10.6. The highest BCUT2D eigenvalue weighted by Crippen LogP contribution is 2.28. The smallest absolute Gasteiger partial charge is 0.142 e. The van der Waals surface area contributed by atoms with Gasteiger partial charge in [0.2, 0.25) is 0 Å². The van der Waals surface area contributed by atoms with Crippen molar-refractivity contribution in [2.45, 2.75) is 32.9 Å². The predicted molar refractivity (Wildman–Crippen MR) is 69.1 cm³/mol. The van der Waals surface area contributed by atoms with Crippen LogP contribution in [0.25, 0.3) is 0 Å². The van der Waals surface area contributed by atoms with Crippen LogP contribution in [-0.4, -0.2) is 25.7 Å². The van der Waals surface area contributed by atoms with Crippen LogP contribution in [0.15, 0.2) is 24.3 Å². The summed E-state index contributed by atoms with van der Waals surface area (Å²) in [6, 6.07) is 8.36. The molecule has 0 amide bonds. The van der Waals surface area contributed by atoms with Gasteiger partial charge in [0.1, 0.15) is 5.75 Å². The molecule has 3 heteroatoms. The molecule has 0 aliphatic rings. The molecule has 0 radical (unpaired) electrons. The van der Waals surface area contributed by atoms with E-state index in [0.29, 0.717) is 12.6 Å². The van der Waals surface area contributed by atoms with E-state index in [2.05, 4.69) is 17.9 Å². The molecule has 0 bridgehead atoms. The minimum absolute atomic E-state index is 0.183. The Morgan fingerprint density at radius 2 is 1.88 bits per heavy atom. The molecule has 1 aromatic rings. The maximum absolute atomic E-state index is 5.78. The van der Waals surface area contributed by atoms with Crippen LogP contribution in [0.5, 0.6) is 5.75 Å². The molecule has 0 spiro atoms. The first-order chi connectivity index (χ1) is 7.56. The lowest BCUT2D eigenvalue weighted by Gasteiger charge is -2.28. The number of nitrogens with zero attached hydrogens (tertiary/aromatic N) is 1. The number of nitrogens with two attached hydrogens (primary N) is 1. The van der Waals surface area contributed by atoms with E-state index in [4.69, 9.17) is 10.5 Å². The van der Waals surface area contributed by atoms with Gasteiger partial charge in [-0.05, 0) is 32.9 Å². The van der Waals surface area contributed by atoms with E-state index in [1.165, 1.54) is 0 Å². The maximum atomic E-state index is 5.78. The minimum Gasteiger partial charge on any atom is -0.489 e. The van der Waals surface area contributed by atoms with Crippen molar-refractivity contribution in [2.75, 3.05) is 18.5 Å². The molecule has 1 rings (SSSR count). The summed E-state index contributed by atoms with van der Waals surface area (Å²) in [5, 5.41) is 0. The number of hydrogen-bond donors (Lipinski definition) is 1. The molecule has 0 aliphatic heterocycles. The summed E-state index contributed by atoms with van der Waals surface area (Å²) in [5.74, 6) is 0.917. The lowest BCUT2D eigenvalue weighted by atomic mass is 10.2. The van der Waals surface area contributed by atoms with Crippen LogP contribution in [0.4, 0.5) is 5.69 Å². The van der Waals surface area contributed by atoms with Gasteiger partial charge in [-0.25, -0.2) is 0 Å². The van der Waals surface area contributed by atoms with Crippen molar-refractivity contribution >= 4 is 5.69 Å². The third kappa shape index (κ3) is 3.14. The highest BCUT2D eigenvalue weighted by molar-refractivity contribution is 5.58. The van der Waals surface area contributed by atoms with Crippen molar-refractivity contribution in [3.63, 3.8) is 0 Å². The summed E-state index contributed by atoms with van der Waals surface area (Å²) in [5.41, 5.74) is 6.77. The molecule has 0 aromatic heterocycles. The van der Waals surface area contributed by atoms with Crippen LogP contribution >= 0.6 is 0 Å². The standard InChI is InChI=1S/C13H22N2O/c1-10(2)16-13-8-6-5-7-12(13)15(4)11(3)9-14/h5-8,10-11H,9,14H2,1-4H3. The van der Waals surface area contributed by atoms with Crippen molar-refractivity contribution in [3.05, 3.63) is 24.3 Å². The Balaban J connectivity index is 2.93. The van der Waals surface area contributed by atoms with Crippen LogP contribution in [0.1, 0.15) is 20.8 Å². The fourth-order valence-corrected chi connectivity index (χ4v) is 1.50. The normalized spacial score (nSPS) is 12.6. The summed E-state index contributed by atoms with van der Waals surface area (Å²) in [4.78, 5) is 2.15. The Kier molecular flexibility index (Phi) is 4.62. The van der Waals surface area contributed by atoms with Crippen LogP contribution < -0.4 is 15.4 Å². The monoisotopic (exact) mass is 222 g/mol. The van der Waals surface area contributed by atoms with Crippen molar-refractivity contribution in [3.8, 4) is 5.75 Å². The number of likely N-dealkylation sites (N-methyl/N-ethyl adjacent to an activating group) is 1. The molecule has 1 aromatic carbocycles. The summed E-state index contributed by atoms with van der Waals surface area (Å²) in [6.45, 7) is 6.80. The number of benzene rings is 1. The Bertz CT molecular complexity index is 325. The zero-order valence-corrected chi connectivity index (χ0v) is 10.6. The van der Waals surface area contributed by atoms with Gasteiger partial charge >= 0.3 is 0 Å². The van der Waals surface area contributed by atoms with E-state index in [1.807, 2.05) is 39.1 Å². The van der Waals surface area contributed by atoms with Gasteiger partial charge in [0, 0.05) is 19.6 Å². The molecule has 0 fully saturated rings. The first kappa shape index (κ1) is 12.8. The van der Waals surface area contributed by atoms with Crippen molar-refractivity contribution < 1.29 is 4.74 Å². The molecule has 0 saturated carbocycles. The molecular weight excluding hydrogens is 200 g/mol. The summed E-state index contributed by atoms with van der Waals surface area (Å²) < 4.78 is 5.78. The molecule has 0 saturated heterocycles. The second-order valence-electron chi connectivity index (χ2n) is 4.33. The van der Waals surface area contributed by atoms with Gasteiger partial charge < -0.3 is 15.4 Å². The number of hydrogen-bond acceptors (Lipinski definition) is 3. The van der Waals surface area contributed by atoms with E-state index in [9.17, 15) is 0 Å². The lowest BCUT2D eigenvalue weighted by molar-refractivity contribution is 0.242. The fourth-order valence-electron chi connectivity index (χ4n) is 1.50. The predicted octanol–water partition coefficient (Wildman–Crippen LogP) is 2.26. The summed E-state index contributed by atoms with van der Waals surface area (Å²) in [6.07, 6.45) is 0.183. The Hall–Kier alpha value is -1.22. The highest BCUT2D eigenvalue weighted by atomic mass is 16.5. The molecule has 0 heterocycles. The third-order valence-electron chi connectivity index (χ3n) is 2.61. The molecular formula is C13H22N2O. The molecule has 1 atom stereocenters. The van der Waals surface area contributed by atoms with Gasteiger partial charge in [-0.2, -0.15) is 0 Å². The Morgan fingerprint density at radius 3 is 2.44 bits per heavy atom. The van der Waals surface area contributed by atoms with Crippen LogP contribution in [0.3, 0.4) is 0 Å². The average Bonchev–Trinajstić information content (AvgIpc) is 2.27. The number of para-hydroxylation sites is 2.